The van der Waals surface area contributed by atoms with Crippen molar-refractivity contribution in [2.75, 3.05) is 25.7 Å². The summed E-state index contributed by atoms with van der Waals surface area (Å²) >= 11 is 0. The zero-order valence-corrected chi connectivity index (χ0v) is 13.4. The second kappa shape index (κ2) is 7.32. The second-order valence-corrected chi connectivity index (χ2v) is 5.01. The SMILES string of the molecule is COC(=O)c1ccc(/C=C/c2ccc(N)c(C(=O)OC)c2)cc1N. The summed E-state index contributed by atoms with van der Waals surface area (Å²) in [4.78, 5) is 23.2. The molecular weight excluding hydrogens is 308 g/mol. The number of nitrogen functional groups attached to an aromatic ring is 2. The lowest BCUT2D eigenvalue weighted by molar-refractivity contribution is 0.0593. The molecule has 0 amide bonds. The van der Waals surface area contributed by atoms with Crippen LogP contribution in [0.4, 0.5) is 11.4 Å². The predicted octanol–water partition coefficient (Wildman–Crippen LogP) is 2.59. The Morgan fingerprint density at radius 3 is 1.92 bits per heavy atom. The highest BCUT2D eigenvalue weighted by molar-refractivity contribution is 5.96. The third-order valence-electron chi connectivity index (χ3n) is 3.43. The van der Waals surface area contributed by atoms with E-state index < -0.39 is 11.9 Å². The summed E-state index contributed by atoms with van der Waals surface area (Å²) in [5.41, 5.74) is 14.5. The van der Waals surface area contributed by atoms with Crippen LogP contribution in [0, 0.1) is 0 Å². The first kappa shape index (κ1) is 17.1. The van der Waals surface area contributed by atoms with Gasteiger partial charge in [-0.1, -0.05) is 24.3 Å². The van der Waals surface area contributed by atoms with Gasteiger partial charge in [-0.25, -0.2) is 9.59 Å². The Labute approximate surface area is 139 Å². The zero-order chi connectivity index (χ0) is 17.7. The van der Waals surface area contributed by atoms with Crippen molar-refractivity contribution in [1.82, 2.24) is 0 Å². The van der Waals surface area contributed by atoms with E-state index in [1.54, 1.807) is 42.5 Å². The van der Waals surface area contributed by atoms with Gasteiger partial charge in [-0.15, -0.1) is 0 Å². The van der Waals surface area contributed by atoms with Crippen molar-refractivity contribution < 1.29 is 19.1 Å². The first-order valence-corrected chi connectivity index (χ1v) is 7.10. The van der Waals surface area contributed by atoms with Gasteiger partial charge in [-0.05, 0) is 35.4 Å². The maximum Gasteiger partial charge on any atom is 0.339 e. The number of anilines is 2. The third-order valence-corrected chi connectivity index (χ3v) is 3.43. The number of benzene rings is 2. The molecule has 6 heteroatoms. The molecule has 0 aliphatic rings. The van der Waals surface area contributed by atoms with Gasteiger partial charge in [0.25, 0.3) is 0 Å². The van der Waals surface area contributed by atoms with Crippen LogP contribution in [0.2, 0.25) is 0 Å². The molecule has 4 N–H and O–H groups in total. The van der Waals surface area contributed by atoms with E-state index in [2.05, 4.69) is 4.74 Å². The molecule has 2 aromatic carbocycles. The molecule has 0 aliphatic heterocycles. The number of nitrogens with two attached hydrogens (primary N) is 2. The van der Waals surface area contributed by atoms with Crippen LogP contribution >= 0.6 is 0 Å². The fraction of sp³-hybridized carbons (Fsp3) is 0.111. The number of ether oxygens (including phenoxy) is 2. The standard InChI is InChI=1S/C18H18N2O4/c1-23-17(21)13-7-5-12(10-16(13)20)4-3-11-6-8-15(19)14(9-11)18(22)24-2/h3-10H,19-20H2,1-2H3/b4-3+. The quantitative estimate of drug-likeness (QED) is 0.508. The van der Waals surface area contributed by atoms with Crippen molar-refractivity contribution in [3.05, 3.63) is 58.7 Å². The molecule has 0 fully saturated rings. The molecular formula is C18H18N2O4. The highest BCUT2D eigenvalue weighted by Crippen LogP contribution is 2.20. The predicted molar refractivity (Wildman–Crippen MR) is 93.3 cm³/mol. The minimum Gasteiger partial charge on any atom is -0.465 e. The maximum atomic E-state index is 11.6. The van der Waals surface area contributed by atoms with E-state index in [1.165, 1.54) is 14.2 Å². The van der Waals surface area contributed by atoms with Gasteiger partial charge in [0.1, 0.15) is 0 Å². The lowest BCUT2D eigenvalue weighted by Crippen LogP contribution is -2.05. The van der Waals surface area contributed by atoms with Gasteiger partial charge in [0.15, 0.2) is 0 Å². The number of esters is 2. The molecule has 0 atom stereocenters. The summed E-state index contributed by atoms with van der Waals surface area (Å²) in [6.45, 7) is 0. The summed E-state index contributed by atoms with van der Waals surface area (Å²) in [5.74, 6) is -0.973. The molecule has 0 unspecified atom stereocenters. The Hall–Kier alpha value is -3.28. The van der Waals surface area contributed by atoms with Crippen LogP contribution in [0.25, 0.3) is 12.2 Å². The smallest absolute Gasteiger partial charge is 0.339 e. The van der Waals surface area contributed by atoms with Gasteiger partial charge >= 0.3 is 11.9 Å². The molecule has 24 heavy (non-hydrogen) atoms. The van der Waals surface area contributed by atoms with Crippen molar-refractivity contribution in [1.29, 1.82) is 0 Å². The van der Waals surface area contributed by atoms with Gasteiger partial charge < -0.3 is 20.9 Å². The third kappa shape index (κ3) is 3.73. The van der Waals surface area contributed by atoms with Crippen LogP contribution in [0.15, 0.2) is 36.4 Å². The fourth-order valence-corrected chi connectivity index (χ4v) is 2.14. The van der Waals surface area contributed by atoms with Crippen LogP contribution < -0.4 is 11.5 Å². The number of hydrogen-bond donors (Lipinski definition) is 2. The van der Waals surface area contributed by atoms with Crippen molar-refractivity contribution >= 4 is 35.5 Å². The van der Waals surface area contributed by atoms with Crippen molar-refractivity contribution in [2.45, 2.75) is 0 Å². The van der Waals surface area contributed by atoms with Gasteiger partial charge in [0.05, 0.1) is 25.3 Å². The maximum absolute atomic E-state index is 11.6. The zero-order valence-electron chi connectivity index (χ0n) is 13.4. The minimum absolute atomic E-state index is 0.306. The summed E-state index contributed by atoms with van der Waals surface area (Å²) < 4.78 is 9.34. The van der Waals surface area contributed by atoms with Gasteiger partial charge in [0, 0.05) is 11.4 Å². The fourth-order valence-electron chi connectivity index (χ4n) is 2.14. The van der Waals surface area contributed by atoms with Crippen molar-refractivity contribution in [2.24, 2.45) is 0 Å². The highest BCUT2D eigenvalue weighted by Gasteiger charge is 2.10. The molecule has 0 aromatic heterocycles. The highest BCUT2D eigenvalue weighted by atomic mass is 16.5. The lowest BCUT2D eigenvalue weighted by Gasteiger charge is -2.05. The first-order valence-electron chi connectivity index (χ1n) is 7.10. The number of carbonyl (C=O) groups excluding carboxylic acids is 2. The van der Waals surface area contributed by atoms with E-state index in [0.29, 0.717) is 22.5 Å². The molecule has 2 aromatic rings. The van der Waals surface area contributed by atoms with Crippen molar-refractivity contribution in [3.8, 4) is 0 Å². The monoisotopic (exact) mass is 326 g/mol. The Morgan fingerprint density at radius 2 is 1.33 bits per heavy atom. The number of hydrogen-bond acceptors (Lipinski definition) is 6. The molecule has 2 rings (SSSR count). The largest absolute Gasteiger partial charge is 0.465 e. The Bertz CT molecular complexity index is 813. The Kier molecular flexibility index (Phi) is 5.21. The molecule has 124 valence electrons. The first-order chi connectivity index (χ1) is 11.5. The molecule has 0 radical (unpaired) electrons. The molecule has 0 saturated carbocycles. The Morgan fingerprint density at radius 1 is 0.792 bits per heavy atom. The second-order valence-electron chi connectivity index (χ2n) is 5.01. The van der Waals surface area contributed by atoms with Crippen molar-refractivity contribution in [3.63, 3.8) is 0 Å². The van der Waals surface area contributed by atoms with Gasteiger partial charge in [-0.3, -0.25) is 0 Å². The molecule has 0 bridgehead atoms. The van der Waals surface area contributed by atoms with E-state index in [4.69, 9.17) is 16.2 Å². The summed E-state index contributed by atoms with van der Waals surface area (Å²) in [7, 11) is 2.60. The molecule has 0 heterocycles. The minimum atomic E-state index is -0.491. The number of rotatable bonds is 4. The van der Waals surface area contributed by atoms with E-state index in [1.807, 2.05) is 6.08 Å². The molecule has 0 aliphatic carbocycles. The molecule has 6 nitrogen and oxygen atoms in total. The topological polar surface area (TPSA) is 105 Å². The Balaban J connectivity index is 2.27. The molecule has 0 spiro atoms. The van der Waals surface area contributed by atoms with E-state index in [0.717, 1.165) is 11.1 Å². The van der Waals surface area contributed by atoms with Gasteiger partial charge in [0.2, 0.25) is 0 Å². The van der Waals surface area contributed by atoms with Crippen LogP contribution in [0.5, 0.6) is 0 Å². The lowest BCUT2D eigenvalue weighted by atomic mass is 10.1. The van der Waals surface area contributed by atoms with E-state index in [9.17, 15) is 9.59 Å². The summed E-state index contributed by atoms with van der Waals surface area (Å²) in [6.07, 6.45) is 3.61. The van der Waals surface area contributed by atoms with E-state index in [-0.39, 0.29) is 0 Å². The van der Waals surface area contributed by atoms with Crippen LogP contribution in [0.1, 0.15) is 31.8 Å². The van der Waals surface area contributed by atoms with Gasteiger partial charge in [-0.2, -0.15) is 0 Å². The summed E-state index contributed by atoms with van der Waals surface area (Å²) in [6, 6.07) is 10.1. The average Bonchev–Trinajstić information content (AvgIpc) is 2.59. The van der Waals surface area contributed by atoms with Crippen LogP contribution in [-0.2, 0) is 9.47 Å². The number of carbonyl (C=O) groups is 2. The van der Waals surface area contributed by atoms with Crippen LogP contribution in [0.3, 0.4) is 0 Å². The molecule has 0 saturated heterocycles. The normalized spacial score (nSPS) is 10.6. The van der Waals surface area contributed by atoms with E-state index >= 15 is 0 Å². The van der Waals surface area contributed by atoms with Crippen LogP contribution in [-0.4, -0.2) is 26.2 Å². The summed E-state index contributed by atoms with van der Waals surface area (Å²) in [5, 5.41) is 0. The number of methoxy groups -OCH3 is 2. The average molecular weight is 326 g/mol.